The largest absolute Gasteiger partial charge is 0.463 e. The molecule has 3 rings (SSSR count). The van der Waals surface area contributed by atoms with Gasteiger partial charge in [0.05, 0.1) is 17.5 Å². The molecule has 0 bridgehead atoms. The predicted molar refractivity (Wildman–Crippen MR) is 121 cm³/mol. The first-order valence-electron chi connectivity index (χ1n) is 10.4. The van der Waals surface area contributed by atoms with Crippen molar-refractivity contribution in [1.29, 1.82) is 0 Å². The second-order valence-corrected chi connectivity index (χ2v) is 7.09. The molecule has 0 amide bonds. The van der Waals surface area contributed by atoms with Crippen LogP contribution >= 0.6 is 0 Å². The van der Waals surface area contributed by atoms with E-state index in [-0.39, 0.29) is 11.5 Å². The third kappa shape index (κ3) is 6.53. The maximum atomic E-state index is 12.7. The average molecular weight is 435 g/mol. The second kappa shape index (κ2) is 11.5. The van der Waals surface area contributed by atoms with Gasteiger partial charge in [0, 0.05) is 19.4 Å². The molecule has 0 saturated carbocycles. The Balaban J connectivity index is 1.50. The Hall–Kier alpha value is -3.94. The van der Waals surface area contributed by atoms with Crippen LogP contribution in [0.3, 0.4) is 0 Å². The lowest BCUT2D eigenvalue weighted by atomic mass is 10.2. The fraction of sp³-hybridized carbons (Fsp3) is 0.250. The van der Waals surface area contributed by atoms with Gasteiger partial charge in [-0.1, -0.05) is 42.5 Å². The van der Waals surface area contributed by atoms with E-state index >= 15 is 0 Å². The lowest BCUT2D eigenvalue weighted by Crippen LogP contribution is -2.34. The Morgan fingerprint density at radius 1 is 1.03 bits per heavy atom. The molecule has 166 valence electrons. The van der Waals surface area contributed by atoms with Gasteiger partial charge in [-0.25, -0.2) is 14.6 Å². The van der Waals surface area contributed by atoms with Crippen LogP contribution in [0.1, 0.15) is 37.6 Å². The number of rotatable bonds is 10. The number of ether oxygens (including phenoxy) is 1. The fourth-order valence-corrected chi connectivity index (χ4v) is 3.06. The van der Waals surface area contributed by atoms with Crippen LogP contribution in [-0.4, -0.2) is 28.2 Å². The van der Waals surface area contributed by atoms with E-state index < -0.39 is 5.97 Å². The van der Waals surface area contributed by atoms with E-state index in [1.807, 2.05) is 36.4 Å². The smallest absolute Gasteiger partial charge is 0.331 e. The molecule has 8 heteroatoms. The van der Waals surface area contributed by atoms with Crippen molar-refractivity contribution in [3.8, 4) is 0 Å². The average Bonchev–Trinajstić information content (AvgIpc) is 2.80. The molecule has 0 radical (unpaired) electrons. The van der Waals surface area contributed by atoms with Gasteiger partial charge >= 0.3 is 11.9 Å². The van der Waals surface area contributed by atoms with Crippen molar-refractivity contribution in [2.75, 3.05) is 12.2 Å². The molecule has 0 atom stereocenters. The van der Waals surface area contributed by atoms with Gasteiger partial charge in [-0.3, -0.25) is 4.79 Å². The minimum absolute atomic E-state index is 0.307. The van der Waals surface area contributed by atoms with E-state index in [1.165, 1.54) is 13.0 Å². The van der Waals surface area contributed by atoms with Crippen molar-refractivity contribution >= 4 is 28.9 Å². The number of aromatic nitrogens is 2. The molecule has 1 N–H and O–H groups in total. The quantitative estimate of drug-likeness (QED) is 0.226. The van der Waals surface area contributed by atoms with Crippen molar-refractivity contribution in [1.82, 2.24) is 9.66 Å². The first kappa shape index (κ1) is 22.7. The number of hydrogen-bond acceptors (Lipinski definition) is 7. The third-order valence-electron chi connectivity index (χ3n) is 4.63. The number of para-hydroxylation sites is 1. The highest BCUT2D eigenvalue weighted by atomic mass is 16.7. The van der Waals surface area contributed by atoms with Crippen molar-refractivity contribution in [3.05, 3.63) is 82.4 Å². The molecule has 2 aromatic carbocycles. The van der Waals surface area contributed by atoms with Crippen LogP contribution in [0.15, 0.2) is 65.5 Å². The molecule has 0 aliphatic carbocycles. The molecule has 0 unspecified atom stereocenters. The zero-order valence-electron chi connectivity index (χ0n) is 17.8. The summed E-state index contributed by atoms with van der Waals surface area (Å²) in [6.07, 6.45) is 5.77. The topological polar surface area (TPSA) is 99.5 Å². The number of aryl methyl sites for hydroxylation is 1. The van der Waals surface area contributed by atoms with Gasteiger partial charge in [-0.05, 0) is 43.0 Å². The molecule has 32 heavy (non-hydrogen) atoms. The maximum absolute atomic E-state index is 12.7. The number of esters is 1. The van der Waals surface area contributed by atoms with Crippen LogP contribution in [-0.2, 0) is 25.6 Å². The Morgan fingerprint density at radius 3 is 2.56 bits per heavy atom. The zero-order chi connectivity index (χ0) is 22.8. The normalized spacial score (nSPS) is 10.9. The van der Waals surface area contributed by atoms with E-state index in [9.17, 15) is 14.4 Å². The number of nitrogens with zero attached hydrogens (tertiary/aromatic N) is 2. The summed E-state index contributed by atoms with van der Waals surface area (Å²) in [5.41, 5.74) is 3.55. The minimum Gasteiger partial charge on any atom is -0.463 e. The van der Waals surface area contributed by atoms with Gasteiger partial charge in [0.2, 0.25) is 0 Å². The monoisotopic (exact) mass is 435 g/mol. The fourth-order valence-electron chi connectivity index (χ4n) is 3.06. The van der Waals surface area contributed by atoms with Crippen molar-refractivity contribution in [3.63, 3.8) is 0 Å². The van der Waals surface area contributed by atoms with Gasteiger partial charge < -0.3 is 9.57 Å². The van der Waals surface area contributed by atoms with Crippen LogP contribution in [0.5, 0.6) is 0 Å². The van der Waals surface area contributed by atoms with Crippen molar-refractivity contribution in [2.24, 2.45) is 0 Å². The predicted octanol–water partition coefficient (Wildman–Crippen LogP) is 3.39. The van der Waals surface area contributed by atoms with E-state index in [0.29, 0.717) is 42.6 Å². The van der Waals surface area contributed by atoms with E-state index in [4.69, 9.17) is 9.57 Å². The number of nitrogens with one attached hydrogen (secondary N) is 1. The maximum Gasteiger partial charge on any atom is 0.331 e. The SMILES string of the molecule is CC(=O)ONn1c(CCCCCOC(=O)/C=C/c2ccccc2)nc2ccccc2c1=O. The van der Waals surface area contributed by atoms with Gasteiger partial charge in [-0.2, -0.15) is 4.68 Å². The summed E-state index contributed by atoms with van der Waals surface area (Å²) in [7, 11) is 0. The summed E-state index contributed by atoms with van der Waals surface area (Å²) in [5, 5.41) is 0.423. The van der Waals surface area contributed by atoms with Crippen LogP contribution in [0.4, 0.5) is 0 Å². The number of carbonyl (C=O) groups is 2. The molecule has 0 saturated heterocycles. The van der Waals surface area contributed by atoms with E-state index in [1.54, 1.807) is 24.3 Å². The van der Waals surface area contributed by atoms with Gasteiger partial charge in [-0.15, -0.1) is 5.59 Å². The summed E-state index contributed by atoms with van der Waals surface area (Å²) < 4.78 is 6.37. The molecule has 3 aromatic rings. The van der Waals surface area contributed by atoms with Crippen LogP contribution < -0.4 is 11.1 Å². The van der Waals surface area contributed by atoms with E-state index in [0.717, 1.165) is 16.7 Å². The summed E-state index contributed by atoms with van der Waals surface area (Å²) in [5.74, 6) is -0.499. The molecule has 1 aromatic heterocycles. The number of hydrogen-bond donors (Lipinski definition) is 1. The van der Waals surface area contributed by atoms with Crippen LogP contribution in [0.25, 0.3) is 17.0 Å². The van der Waals surface area contributed by atoms with Gasteiger partial charge in [0.25, 0.3) is 5.56 Å². The summed E-state index contributed by atoms with van der Waals surface area (Å²) >= 11 is 0. The minimum atomic E-state index is -0.570. The molecular formula is C24H25N3O5. The zero-order valence-corrected chi connectivity index (χ0v) is 17.8. The van der Waals surface area contributed by atoms with Crippen molar-refractivity contribution < 1.29 is 19.2 Å². The molecule has 0 spiro atoms. The third-order valence-corrected chi connectivity index (χ3v) is 4.63. The first-order valence-corrected chi connectivity index (χ1v) is 10.4. The highest BCUT2D eigenvalue weighted by Gasteiger charge is 2.11. The highest BCUT2D eigenvalue weighted by molar-refractivity contribution is 5.87. The molecule has 0 aliphatic rings. The summed E-state index contributed by atoms with van der Waals surface area (Å²) in [4.78, 5) is 45.0. The summed E-state index contributed by atoms with van der Waals surface area (Å²) in [6, 6.07) is 16.5. The van der Waals surface area contributed by atoms with Crippen molar-refractivity contribution in [2.45, 2.75) is 32.6 Å². The summed E-state index contributed by atoms with van der Waals surface area (Å²) in [6.45, 7) is 1.55. The second-order valence-electron chi connectivity index (χ2n) is 7.09. The number of fused-ring (bicyclic) bond motifs is 1. The number of unbranched alkanes of at least 4 members (excludes halogenated alkanes) is 2. The van der Waals surface area contributed by atoms with Gasteiger partial charge in [0.1, 0.15) is 5.82 Å². The molecular weight excluding hydrogens is 410 g/mol. The Labute approximate surface area is 185 Å². The Bertz CT molecular complexity index is 1160. The lowest BCUT2D eigenvalue weighted by Gasteiger charge is -2.14. The number of carbonyl (C=O) groups excluding carboxylic acids is 2. The number of benzene rings is 2. The lowest BCUT2D eigenvalue weighted by molar-refractivity contribution is -0.140. The van der Waals surface area contributed by atoms with Crippen LogP contribution in [0.2, 0.25) is 0 Å². The Kier molecular flexibility index (Phi) is 8.14. The standard InChI is InChI=1S/C24H25N3O5/c1-18(28)32-26-27-22(25-21-13-8-7-12-20(21)24(27)30)14-6-3-9-17-31-23(29)16-15-19-10-4-2-5-11-19/h2,4-5,7-8,10-13,15-16,26H,3,6,9,14,17H2,1H3/b16-15+. The highest BCUT2D eigenvalue weighted by Crippen LogP contribution is 2.10. The van der Waals surface area contributed by atoms with E-state index in [2.05, 4.69) is 10.6 Å². The molecule has 0 fully saturated rings. The molecule has 1 heterocycles. The van der Waals surface area contributed by atoms with Crippen LogP contribution in [0, 0.1) is 0 Å². The Morgan fingerprint density at radius 2 is 1.78 bits per heavy atom. The van der Waals surface area contributed by atoms with Gasteiger partial charge in [0.15, 0.2) is 0 Å². The molecule has 8 nitrogen and oxygen atoms in total. The first-order chi connectivity index (χ1) is 15.5. The molecule has 0 aliphatic heterocycles.